The second-order valence-corrected chi connectivity index (χ2v) is 5.52. The number of nitrogens with zero attached hydrogens (tertiary/aromatic N) is 1. The van der Waals surface area contributed by atoms with Crippen molar-refractivity contribution in [2.75, 3.05) is 0 Å². The van der Waals surface area contributed by atoms with E-state index >= 15 is 0 Å². The summed E-state index contributed by atoms with van der Waals surface area (Å²) in [5.74, 6) is 1.76. The maximum atomic E-state index is 6.19. The van der Waals surface area contributed by atoms with Gasteiger partial charge in [0.25, 0.3) is 0 Å². The zero-order chi connectivity index (χ0) is 12.7. The zero-order valence-corrected chi connectivity index (χ0v) is 11.7. The molecule has 1 heterocycles. The van der Waals surface area contributed by atoms with Gasteiger partial charge in [0.1, 0.15) is 11.5 Å². The molecule has 0 spiro atoms. The fraction of sp³-hybridized carbons (Fsp3) is 0.308. The topological polar surface area (TPSA) is 26.0 Å². The van der Waals surface area contributed by atoms with Gasteiger partial charge in [-0.25, -0.2) is 0 Å². The highest BCUT2D eigenvalue weighted by atomic mass is 35.5. The molecule has 1 fully saturated rings. The van der Waals surface area contributed by atoms with Crippen LogP contribution in [0.2, 0.25) is 10.0 Å². The quantitative estimate of drug-likeness (QED) is 0.722. The molecule has 0 aliphatic heterocycles. The SMILES string of the molecule is ClCc1c(-c2ccc(Cl)cc2Cl)noc1C1CC1. The maximum Gasteiger partial charge on any atom is 0.144 e. The minimum Gasteiger partial charge on any atom is -0.360 e. The number of hydrogen-bond acceptors (Lipinski definition) is 2. The van der Waals surface area contributed by atoms with Crippen LogP contribution in [0.3, 0.4) is 0 Å². The lowest BCUT2D eigenvalue weighted by Gasteiger charge is -2.03. The number of hydrogen-bond donors (Lipinski definition) is 0. The van der Waals surface area contributed by atoms with Crippen LogP contribution in [-0.2, 0) is 5.88 Å². The Morgan fingerprint density at radius 2 is 2.06 bits per heavy atom. The summed E-state index contributed by atoms with van der Waals surface area (Å²) in [6.45, 7) is 0. The van der Waals surface area contributed by atoms with E-state index in [-0.39, 0.29) is 0 Å². The highest BCUT2D eigenvalue weighted by Crippen LogP contribution is 2.45. The van der Waals surface area contributed by atoms with Crippen LogP contribution >= 0.6 is 34.8 Å². The van der Waals surface area contributed by atoms with Crippen LogP contribution in [0, 0.1) is 0 Å². The van der Waals surface area contributed by atoms with Crippen LogP contribution in [0.4, 0.5) is 0 Å². The fourth-order valence-electron chi connectivity index (χ4n) is 2.01. The van der Waals surface area contributed by atoms with Crippen molar-refractivity contribution in [1.82, 2.24) is 5.16 Å². The standard InChI is InChI=1S/C13H10Cl3NO/c14-6-10-12(17-18-13(10)7-1-2-7)9-4-3-8(15)5-11(9)16/h3-5,7H,1-2,6H2. The molecule has 3 rings (SSSR count). The monoisotopic (exact) mass is 301 g/mol. The van der Waals surface area contributed by atoms with Crippen molar-refractivity contribution in [3.8, 4) is 11.3 Å². The third-order valence-electron chi connectivity index (χ3n) is 3.09. The Bertz CT molecular complexity index is 590. The van der Waals surface area contributed by atoms with Crippen molar-refractivity contribution in [3.05, 3.63) is 39.6 Å². The smallest absolute Gasteiger partial charge is 0.144 e. The Hall–Kier alpha value is -0.700. The lowest BCUT2D eigenvalue weighted by molar-refractivity contribution is 0.385. The Kier molecular flexibility index (Phi) is 3.27. The third kappa shape index (κ3) is 2.13. The van der Waals surface area contributed by atoms with Gasteiger partial charge < -0.3 is 4.52 Å². The summed E-state index contributed by atoms with van der Waals surface area (Å²) >= 11 is 18.1. The summed E-state index contributed by atoms with van der Waals surface area (Å²) < 4.78 is 5.42. The Labute approximate surface area is 120 Å². The van der Waals surface area contributed by atoms with Crippen LogP contribution in [0.1, 0.15) is 30.1 Å². The second-order valence-electron chi connectivity index (χ2n) is 4.41. The molecule has 1 aromatic carbocycles. The van der Waals surface area contributed by atoms with Gasteiger partial charge in [-0.05, 0) is 31.0 Å². The van der Waals surface area contributed by atoms with Crippen molar-refractivity contribution >= 4 is 34.8 Å². The number of alkyl halides is 1. The van der Waals surface area contributed by atoms with E-state index in [0.717, 1.165) is 35.4 Å². The molecule has 2 nitrogen and oxygen atoms in total. The van der Waals surface area contributed by atoms with Crippen LogP contribution in [0.15, 0.2) is 22.7 Å². The predicted octanol–water partition coefficient (Wildman–Crippen LogP) is 5.26. The number of halogens is 3. The van der Waals surface area contributed by atoms with Gasteiger partial charge >= 0.3 is 0 Å². The molecule has 0 radical (unpaired) electrons. The summed E-state index contributed by atoms with van der Waals surface area (Å²) in [5.41, 5.74) is 2.49. The van der Waals surface area contributed by atoms with Gasteiger partial charge in [-0.15, -0.1) is 11.6 Å². The number of benzene rings is 1. The van der Waals surface area contributed by atoms with E-state index in [1.807, 2.05) is 6.07 Å². The average Bonchev–Trinajstić information content (AvgIpc) is 3.10. The highest BCUT2D eigenvalue weighted by molar-refractivity contribution is 6.36. The minimum absolute atomic E-state index is 0.379. The largest absolute Gasteiger partial charge is 0.360 e. The molecular weight excluding hydrogens is 293 g/mol. The molecule has 1 saturated carbocycles. The van der Waals surface area contributed by atoms with E-state index in [0.29, 0.717) is 21.8 Å². The van der Waals surface area contributed by atoms with E-state index in [1.165, 1.54) is 0 Å². The Morgan fingerprint density at radius 3 is 2.67 bits per heavy atom. The van der Waals surface area contributed by atoms with E-state index in [9.17, 15) is 0 Å². The van der Waals surface area contributed by atoms with Gasteiger partial charge in [0.2, 0.25) is 0 Å². The summed E-state index contributed by atoms with van der Waals surface area (Å²) in [4.78, 5) is 0. The Balaban J connectivity index is 2.10. The third-order valence-corrected chi connectivity index (χ3v) is 3.90. The summed E-state index contributed by atoms with van der Waals surface area (Å²) in [7, 11) is 0. The van der Waals surface area contributed by atoms with Gasteiger partial charge in [0.15, 0.2) is 0 Å². The molecule has 0 unspecified atom stereocenters. The predicted molar refractivity (Wildman–Crippen MR) is 73.5 cm³/mol. The first-order valence-corrected chi connectivity index (χ1v) is 6.99. The summed E-state index contributed by atoms with van der Waals surface area (Å²) in [5, 5.41) is 5.28. The van der Waals surface area contributed by atoms with Crippen LogP contribution in [0.5, 0.6) is 0 Å². The minimum atomic E-state index is 0.379. The van der Waals surface area contributed by atoms with Crippen molar-refractivity contribution in [1.29, 1.82) is 0 Å². The molecule has 0 atom stereocenters. The van der Waals surface area contributed by atoms with Gasteiger partial charge in [0, 0.05) is 22.1 Å². The molecule has 0 saturated heterocycles. The fourth-order valence-corrected chi connectivity index (χ4v) is 2.77. The maximum absolute atomic E-state index is 6.19. The summed E-state index contributed by atoms with van der Waals surface area (Å²) in [6.07, 6.45) is 2.29. The van der Waals surface area contributed by atoms with Crippen molar-refractivity contribution < 1.29 is 4.52 Å². The van der Waals surface area contributed by atoms with E-state index < -0.39 is 0 Å². The second kappa shape index (κ2) is 4.76. The first-order chi connectivity index (χ1) is 8.70. The normalized spacial score (nSPS) is 15.1. The van der Waals surface area contributed by atoms with Gasteiger partial charge in [0.05, 0.1) is 10.9 Å². The van der Waals surface area contributed by atoms with Gasteiger partial charge in [-0.2, -0.15) is 0 Å². The van der Waals surface area contributed by atoms with Crippen molar-refractivity contribution in [2.45, 2.75) is 24.6 Å². The van der Waals surface area contributed by atoms with Crippen LogP contribution in [-0.4, -0.2) is 5.16 Å². The molecule has 94 valence electrons. The van der Waals surface area contributed by atoms with E-state index in [4.69, 9.17) is 39.3 Å². The molecular formula is C13H10Cl3NO. The molecule has 0 N–H and O–H groups in total. The van der Waals surface area contributed by atoms with Gasteiger partial charge in [-0.3, -0.25) is 0 Å². The summed E-state index contributed by atoms with van der Waals surface area (Å²) in [6, 6.07) is 5.32. The first-order valence-electron chi connectivity index (χ1n) is 5.70. The molecule has 0 bridgehead atoms. The van der Waals surface area contributed by atoms with E-state index in [1.54, 1.807) is 12.1 Å². The van der Waals surface area contributed by atoms with Gasteiger partial charge in [-0.1, -0.05) is 28.4 Å². The van der Waals surface area contributed by atoms with Crippen LogP contribution < -0.4 is 0 Å². The zero-order valence-electron chi connectivity index (χ0n) is 9.42. The Morgan fingerprint density at radius 1 is 1.28 bits per heavy atom. The van der Waals surface area contributed by atoms with Crippen LogP contribution in [0.25, 0.3) is 11.3 Å². The first kappa shape index (κ1) is 12.3. The lowest BCUT2D eigenvalue weighted by Crippen LogP contribution is -1.88. The molecule has 1 aromatic heterocycles. The van der Waals surface area contributed by atoms with Crippen molar-refractivity contribution in [2.24, 2.45) is 0 Å². The molecule has 1 aliphatic carbocycles. The molecule has 1 aliphatic rings. The van der Waals surface area contributed by atoms with E-state index in [2.05, 4.69) is 5.16 Å². The molecule has 2 aromatic rings. The average molecular weight is 303 g/mol. The molecule has 18 heavy (non-hydrogen) atoms. The highest BCUT2D eigenvalue weighted by Gasteiger charge is 2.32. The number of rotatable bonds is 3. The lowest BCUT2D eigenvalue weighted by atomic mass is 10.1. The molecule has 5 heteroatoms. The molecule has 0 amide bonds. The van der Waals surface area contributed by atoms with Crippen molar-refractivity contribution in [3.63, 3.8) is 0 Å². The number of aromatic nitrogens is 1.